The van der Waals surface area contributed by atoms with Crippen molar-refractivity contribution in [2.75, 3.05) is 34.3 Å². The molecule has 0 aliphatic carbocycles. The second-order valence-corrected chi connectivity index (χ2v) is 7.73. The van der Waals surface area contributed by atoms with Gasteiger partial charge in [-0.25, -0.2) is 0 Å². The number of carbonyl (C=O) groups excluding carboxylic acids is 2. The molecule has 160 valence electrons. The van der Waals surface area contributed by atoms with Crippen LogP contribution in [0.5, 0.6) is 5.75 Å². The SMILES string of the molecule is COc1ccc(C2C(=C(O)c3c(C)n[nH]c3C)C(=O)C(=O)N2CCCN(C)C)cc1. The van der Waals surface area contributed by atoms with Crippen LogP contribution in [0.1, 0.15) is 35.0 Å². The Morgan fingerprint density at radius 2 is 1.90 bits per heavy atom. The van der Waals surface area contributed by atoms with Gasteiger partial charge >= 0.3 is 0 Å². The summed E-state index contributed by atoms with van der Waals surface area (Å²) < 4.78 is 5.23. The van der Waals surface area contributed by atoms with Gasteiger partial charge < -0.3 is 19.6 Å². The van der Waals surface area contributed by atoms with Gasteiger partial charge in [-0.3, -0.25) is 14.7 Å². The summed E-state index contributed by atoms with van der Waals surface area (Å²) >= 11 is 0. The fourth-order valence-electron chi connectivity index (χ4n) is 3.84. The molecule has 1 saturated heterocycles. The van der Waals surface area contributed by atoms with Crippen LogP contribution in [0.4, 0.5) is 0 Å². The number of hydrogen-bond donors (Lipinski definition) is 2. The average molecular weight is 412 g/mol. The number of nitrogens with zero attached hydrogens (tertiary/aromatic N) is 3. The number of aliphatic hydroxyl groups is 1. The summed E-state index contributed by atoms with van der Waals surface area (Å²) in [5, 5.41) is 18.0. The molecule has 1 aliphatic heterocycles. The van der Waals surface area contributed by atoms with Gasteiger partial charge in [0.15, 0.2) is 0 Å². The van der Waals surface area contributed by atoms with Crippen molar-refractivity contribution in [1.29, 1.82) is 0 Å². The second-order valence-electron chi connectivity index (χ2n) is 7.73. The lowest BCUT2D eigenvalue weighted by Gasteiger charge is -2.26. The maximum Gasteiger partial charge on any atom is 0.295 e. The molecule has 2 heterocycles. The van der Waals surface area contributed by atoms with Crippen LogP contribution in [-0.2, 0) is 9.59 Å². The molecule has 1 amide bonds. The van der Waals surface area contributed by atoms with E-state index < -0.39 is 17.7 Å². The number of amides is 1. The molecule has 8 heteroatoms. The molecule has 2 N–H and O–H groups in total. The van der Waals surface area contributed by atoms with E-state index in [1.807, 2.05) is 31.1 Å². The molecule has 1 aromatic heterocycles. The van der Waals surface area contributed by atoms with Gasteiger partial charge in [0, 0.05) is 12.2 Å². The smallest absolute Gasteiger partial charge is 0.295 e. The van der Waals surface area contributed by atoms with Crippen molar-refractivity contribution in [3.63, 3.8) is 0 Å². The predicted octanol–water partition coefficient (Wildman–Crippen LogP) is 2.41. The van der Waals surface area contributed by atoms with Crippen molar-refractivity contribution in [2.24, 2.45) is 0 Å². The molecule has 0 saturated carbocycles. The number of aliphatic hydroxyl groups excluding tert-OH is 1. The maximum atomic E-state index is 13.0. The van der Waals surface area contributed by atoms with E-state index in [1.54, 1.807) is 38.0 Å². The monoisotopic (exact) mass is 412 g/mol. The zero-order chi connectivity index (χ0) is 22.0. The van der Waals surface area contributed by atoms with Crippen molar-refractivity contribution in [3.05, 3.63) is 52.4 Å². The Hall–Kier alpha value is -3.13. The Morgan fingerprint density at radius 3 is 2.43 bits per heavy atom. The molecule has 3 rings (SSSR count). The quantitative estimate of drug-likeness (QED) is 0.412. The second kappa shape index (κ2) is 8.71. The third-order valence-electron chi connectivity index (χ3n) is 5.34. The van der Waals surface area contributed by atoms with E-state index in [-0.39, 0.29) is 11.3 Å². The molecule has 1 aliphatic rings. The van der Waals surface area contributed by atoms with Crippen LogP contribution in [0, 0.1) is 13.8 Å². The van der Waals surface area contributed by atoms with Crippen LogP contribution in [0.2, 0.25) is 0 Å². The third-order valence-corrected chi connectivity index (χ3v) is 5.34. The van der Waals surface area contributed by atoms with E-state index >= 15 is 0 Å². The Kier molecular flexibility index (Phi) is 6.26. The zero-order valence-corrected chi connectivity index (χ0v) is 18.0. The molecule has 2 aromatic rings. The number of aromatic nitrogens is 2. The van der Waals surface area contributed by atoms with Crippen molar-refractivity contribution >= 4 is 17.4 Å². The molecule has 1 unspecified atom stereocenters. The minimum Gasteiger partial charge on any atom is -0.507 e. The van der Waals surface area contributed by atoms with Crippen LogP contribution >= 0.6 is 0 Å². The highest BCUT2D eigenvalue weighted by Crippen LogP contribution is 2.40. The maximum absolute atomic E-state index is 13.0. The minimum atomic E-state index is -0.682. The molecule has 30 heavy (non-hydrogen) atoms. The summed E-state index contributed by atoms with van der Waals surface area (Å²) in [5.41, 5.74) is 2.48. The highest BCUT2D eigenvalue weighted by Gasteiger charge is 2.46. The van der Waals surface area contributed by atoms with Gasteiger partial charge in [-0.05, 0) is 58.6 Å². The number of aryl methyl sites for hydroxylation is 2. The van der Waals surface area contributed by atoms with Gasteiger partial charge in [-0.15, -0.1) is 0 Å². The number of H-pyrrole nitrogens is 1. The minimum absolute atomic E-state index is 0.0858. The summed E-state index contributed by atoms with van der Waals surface area (Å²) in [6, 6.07) is 6.52. The van der Waals surface area contributed by atoms with Crippen LogP contribution in [-0.4, -0.2) is 71.1 Å². The first-order valence-electron chi connectivity index (χ1n) is 9.85. The van der Waals surface area contributed by atoms with E-state index in [9.17, 15) is 14.7 Å². The Morgan fingerprint density at radius 1 is 1.23 bits per heavy atom. The molecule has 8 nitrogen and oxygen atoms in total. The van der Waals surface area contributed by atoms with Crippen molar-refractivity contribution in [1.82, 2.24) is 20.0 Å². The normalized spacial score (nSPS) is 18.5. The number of ketones is 1. The number of aromatic amines is 1. The van der Waals surface area contributed by atoms with E-state index in [2.05, 4.69) is 10.2 Å². The lowest BCUT2D eigenvalue weighted by atomic mass is 9.94. The standard InChI is InChI=1S/C22H28N4O4/c1-13-17(14(2)24-23-13)20(27)18-19(15-7-9-16(30-5)10-8-15)26(22(29)21(18)28)12-6-11-25(3)4/h7-10,19,27H,6,11-12H2,1-5H3,(H,23,24). The highest BCUT2D eigenvalue weighted by atomic mass is 16.5. The number of nitrogens with one attached hydrogen (secondary N) is 1. The van der Waals surface area contributed by atoms with Gasteiger partial charge in [0.25, 0.3) is 11.7 Å². The molecule has 0 bridgehead atoms. The average Bonchev–Trinajstić information content (AvgIpc) is 3.18. The third kappa shape index (κ3) is 3.95. The molecule has 0 radical (unpaired) electrons. The Labute approximate surface area is 176 Å². The number of hydrogen-bond acceptors (Lipinski definition) is 6. The number of rotatable bonds is 7. The van der Waals surface area contributed by atoms with Crippen molar-refractivity contribution in [2.45, 2.75) is 26.3 Å². The lowest BCUT2D eigenvalue weighted by molar-refractivity contribution is -0.139. The van der Waals surface area contributed by atoms with Gasteiger partial charge in [-0.1, -0.05) is 12.1 Å². The van der Waals surface area contributed by atoms with Gasteiger partial charge in [-0.2, -0.15) is 5.10 Å². The number of methoxy groups -OCH3 is 1. The van der Waals surface area contributed by atoms with Crippen molar-refractivity contribution in [3.8, 4) is 5.75 Å². The van der Waals surface area contributed by atoms with Gasteiger partial charge in [0.1, 0.15) is 11.5 Å². The Balaban J connectivity index is 2.11. The number of Topliss-reactive ketones (excluding diaryl/α,β-unsaturated/α-hetero) is 1. The molecule has 1 fully saturated rings. The van der Waals surface area contributed by atoms with E-state index in [1.165, 1.54) is 0 Å². The number of carbonyl (C=O) groups is 2. The van der Waals surface area contributed by atoms with Crippen LogP contribution in [0.25, 0.3) is 5.76 Å². The molecular weight excluding hydrogens is 384 g/mol. The lowest BCUT2D eigenvalue weighted by Crippen LogP contribution is -2.32. The summed E-state index contributed by atoms with van der Waals surface area (Å²) in [7, 11) is 5.49. The zero-order valence-electron chi connectivity index (χ0n) is 18.0. The van der Waals surface area contributed by atoms with E-state index in [0.717, 1.165) is 12.1 Å². The first kappa shape index (κ1) is 21.6. The Bertz CT molecular complexity index is 956. The predicted molar refractivity (Wildman–Crippen MR) is 113 cm³/mol. The van der Waals surface area contributed by atoms with E-state index in [0.29, 0.717) is 35.7 Å². The first-order valence-corrected chi connectivity index (χ1v) is 9.85. The van der Waals surface area contributed by atoms with Crippen LogP contribution in [0.3, 0.4) is 0 Å². The number of benzene rings is 1. The number of likely N-dealkylation sites (tertiary alicyclic amines) is 1. The summed E-state index contributed by atoms with van der Waals surface area (Å²) in [4.78, 5) is 29.5. The summed E-state index contributed by atoms with van der Waals surface area (Å²) in [5.74, 6) is -0.814. The fourth-order valence-corrected chi connectivity index (χ4v) is 3.84. The molecule has 0 spiro atoms. The molecule has 1 atom stereocenters. The fraction of sp³-hybridized carbons (Fsp3) is 0.409. The largest absolute Gasteiger partial charge is 0.507 e. The molecular formula is C22H28N4O4. The van der Waals surface area contributed by atoms with Crippen LogP contribution < -0.4 is 4.74 Å². The summed E-state index contributed by atoms with van der Waals surface area (Å²) in [6.07, 6.45) is 0.705. The van der Waals surface area contributed by atoms with Crippen LogP contribution in [0.15, 0.2) is 29.8 Å². The molecule has 1 aromatic carbocycles. The topological polar surface area (TPSA) is 98.8 Å². The number of ether oxygens (including phenoxy) is 1. The van der Waals surface area contributed by atoms with Gasteiger partial charge in [0.2, 0.25) is 0 Å². The first-order chi connectivity index (χ1) is 14.3. The van der Waals surface area contributed by atoms with Gasteiger partial charge in [0.05, 0.1) is 30.0 Å². The van der Waals surface area contributed by atoms with E-state index in [4.69, 9.17) is 4.74 Å². The summed E-state index contributed by atoms with van der Waals surface area (Å²) in [6.45, 7) is 4.69. The highest BCUT2D eigenvalue weighted by molar-refractivity contribution is 6.46. The van der Waals surface area contributed by atoms with Crippen molar-refractivity contribution < 1.29 is 19.4 Å².